The number of hydrogen-bond acceptors (Lipinski definition) is 9. The second kappa shape index (κ2) is 8.63. The number of piperazine rings is 1. The second-order valence-electron chi connectivity index (χ2n) is 7.56. The number of hydrogen-bond donors (Lipinski definition) is 1. The fourth-order valence-corrected chi connectivity index (χ4v) is 3.73. The van der Waals surface area contributed by atoms with Gasteiger partial charge in [-0.3, -0.25) is 9.88 Å². The van der Waals surface area contributed by atoms with Gasteiger partial charge in [-0.1, -0.05) is 0 Å². The second-order valence-corrected chi connectivity index (χ2v) is 7.56. The van der Waals surface area contributed by atoms with Gasteiger partial charge in [0.05, 0.1) is 30.9 Å². The number of ether oxygens (including phenoxy) is 1. The summed E-state index contributed by atoms with van der Waals surface area (Å²) < 4.78 is 5.34. The molecule has 1 N–H and O–H groups in total. The van der Waals surface area contributed by atoms with E-state index >= 15 is 0 Å². The Hall–Kier alpha value is -3.61. The van der Waals surface area contributed by atoms with E-state index in [1.54, 1.807) is 30.7 Å². The maximum atomic E-state index is 9.16. The first-order valence-electron chi connectivity index (χ1n) is 10.3. The zero-order valence-electron chi connectivity index (χ0n) is 17.0. The molecule has 5 heterocycles. The minimum absolute atomic E-state index is 0.537. The van der Waals surface area contributed by atoms with Gasteiger partial charge in [0.1, 0.15) is 17.5 Å². The highest BCUT2D eigenvalue weighted by molar-refractivity contribution is 5.64. The molecule has 3 aromatic rings. The molecule has 0 saturated carbocycles. The lowest BCUT2D eigenvalue weighted by atomic mass is 10.2. The molecule has 2 aliphatic rings. The monoisotopic (exact) mass is 414 g/mol. The summed E-state index contributed by atoms with van der Waals surface area (Å²) in [6.45, 7) is 5.41. The van der Waals surface area contributed by atoms with Crippen molar-refractivity contribution in [3.8, 4) is 17.5 Å². The average molecular weight is 414 g/mol. The van der Waals surface area contributed by atoms with Crippen molar-refractivity contribution < 1.29 is 4.74 Å². The topological polar surface area (TPSA) is 103 Å². The Kier molecular flexibility index (Phi) is 5.39. The van der Waals surface area contributed by atoms with E-state index in [-0.39, 0.29) is 0 Å². The van der Waals surface area contributed by atoms with E-state index in [1.165, 1.54) is 0 Å². The molecule has 2 saturated heterocycles. The molecule has 0 atom stereocenters. The van der Waals surface area contributed by atoms with Crippen LogP contribution in [0.1, 0.15) is 5.56 Å². The molecule has 156 valence electrons. The fourth-order valence-electron chi connectivity index (χ4n) is 3.73. The van der Waals surface area contributed by atoms with Crippen LogP contribution < -0.4 is 10.2 Å². The van der Waals surface area contributed by atoms with Crippen molar-refractivity contribution in [2.45, 2.75) is 6.04 Å². The van der Waals surface area contributed by atoms with Crippen LogP contribution in [0, 0.1) is 11.3 Å². The third-order valence-corrected chi connectivity index (χ3v) is 5.55. The summed E-state index contributed by atoms with van der Waals surface area (Å²) in [6.07, 6.45) is 5.09. The fraction of sp³-hybridized carbons (Fsp3) is 0.318. The first-order valence-corrected chi connectivity index (χ1v) is 10.3. The van der Waals surface area contributed by atoms with Gasteiger partial charge in [0, 0.05) is 56.4 Å². The number of aromatic nitrogens is 4. The number of anilines is 3. The van der Waals surface area contributed by atoms with Crippen LogP contribution >= 0.6 is 0 Å². The van der Waals surface area contributed by atoms with Crippen LogP contribution in [0.15, 0.2) is 48.9 Å². The number of rotatable bonds is 5. The van der Waals surface area contributed by atoms with Crippen molar-refractivity contribution in [2.24, 2.45) is 0 Å². The highest BCUT2D eigenvalue weighted by atomic mass is 16.5. The van der Waals surface area contributed by atoms with Crippen molar-refractivity contribution in [3.63, 3.8) is 0 Å². The van der Waals surface area contributed by atoms with Crippen molar-refractivity contribution in [3.05, 3.63) is 54.5 Å². The van der Waals surface area contributed by atoms with Crippen LogP contribution in [0.25, 0.3) is 11.4 Å². The van der Waals surface area contributed by atoms with Crippen LogP contribution in [0.5, 0.6) is 0 Å². The van der Waals surface area contributed by atoms with E-state index < -0.39 is 0 Å². The van der Waals surface area contributed by atoms with Crippen molar-refractivity contribution in [1.29, 1.82) is 5.26 Å². The maximum Gasteiger partial charge on any atom is 0.165 e. The molecule has 0 aliphatic carbocycles. The van der Waals surface area contributed by atoms with Gasteiger partial charge in [-0.2, -0.15) is 5.26 Å². The van der Waals surface area contributed by atoms with E-state index in [9.17, 15) is 0 Å². The van der Waals surface area contributed by atoms with Gasteiger partial charge < -0.3 is 15.0 Å². The Labute approximate surface area is 180 Å². The summed E-state index contributed by atoms with van der Waals surface area (Å²) in [6, 6.07) is 11.8. The van der Waals surface area contributed by atoms with E-state index in [1.807, 2.05) is 18.2 Å². The van der Waals surface area contributed by atoms with Gasteiger partial charge in [0.15, 0.2) is 5.82 Å². The molecular formula is C22H22N8O. The molecule has 2 fully saturated rings. The van der Waals surface area contributed by atoms with Crippen LogP contribution in [-0.4, -0.2) is 70.3 Å². The van der Waals surface area contributed by atoms with Gasteiger partial charge in [0.2, 0.25) is 0 Å². The Balaban J connectivity index is 1.43. The summed E-state index contributed by atoms with van der Waals surface area (Å²) in [5.41, 5.74) is 1.38. The number of nitriles is 1. The predicted octanol–water partition coefficient (Wildman–Crippen LogP) is 2.07. The van der Waals surface area contributed by atoms with Gasteiger partial charge in [-0.25, -0.2) is 15.0 Å². The first kappa shape index (κ1) is 19.4. The molecule has 5 rings (SSSR count). The third-order valence-electron chi connectivity index (χ3n) is 5.55. The average Bonchev–Trinajstić information content (AvgIpc) is 2.79. The normalized spacial score (nSPS) is 17.1. The Morgan fingerprint density at radius 3 is 2.61 bits per heavy atom. The molecule has 0 amide bonds. The van der Waals surface area contributed by atoms with Gasteiger partial charge >= 0.3 is 0 Å². The summed E-state index contributed by atoms with van der Waals surface area (Å²) >= 11 is 0. The summed E-state index contributed by atoms with van der Waals surface area (Å²) in [5.74, 6) is 2.65. The molecule has 0 spiro atoms. The van der Waals surface area contributed by atoms with E-state index in [0.717, 1.165) is 50.8 Å². The molecule has 0 radical (unpaired) electrons. The van der Waals surface area contributed by atoms with Gasteiger partial charge in [0.25, 0.3) is 0 Å². The minimum Gasteiger partial charge on any atom is -0.378 e. The zero-order valence-corrected chi connectivity index (χ0v) is 17.0. The van der Waals surface area contributed by atoms with Crippen molar-refractivity contribution in [2.75, 3.05) is 49.6 Å². The van der Waals surface area contributed by atoms with E-state index in [0.29, 0.717) is 29.1 Å². The molecule has 0 bridgehead atoms. The van der Waals surface area contributed by atoms with Gasteiger partial charge in [-0.05, 0) is 24.3 Å². The molecule has 9 nitrogen and oxygen atoms in total. The third kappa shape index (κ3) is 4.30. The predicted molar refractivity (Wildman–Crippen MR) is 116 cm³/mol. The smallest absolute Gasteiger partial charge is 0.165 e. The lowest BCUT2D eigenvalue weighted by Gasteiger charge is -2.42. The molecule has 0 aromatic carbocycles. The number of pyridine rings is 2. The Morgan fingerprint density at radius 2 is 1.90 bits per heavy atom. The lowest BCUT2D eigenvalue weighted by Crippen LogP contribution is -2.56. The quantitative estimate of drug-likeness (QED) is 0.672. The number of nitrogens with zero attached hydrogens (tertiary/aromatic N) is 7. The largest absolute Gasteiger partial charge is 0.378 e. The van der Waals surface area contributed by atoms with E-state index in [4.69, 9.17) is 15.0 Å². The summed E-state index contributed by atoms with van der Waals surface area (Å²) in [5, 5.41) is 12.4. The molecular weight excluding hydrogens is 392 g/mol. The number of nitrogens with one attached hydrogen (secondary N) is 1. The van der Waals surface area contributed by atoms with Crippen LogP contribution in [0.4, 0.5) is 17.5 Å². The standard InChI is InChI=1S/C22H22N8O/c23-12-16-3-5-25-19(10-16)26-20-11-21(28-22(27-20)17-2-1-4-24-13-17)30-8-6-29(7-9-30)18-14-31-15-18/h1-5,10-11,13,18H,6-9,14-15H2,(H,25,26,27,28). The minimum atomic E-state index is 0.537. The van der Waals surface area contributed by atoms with Crippen molar-refractivity contribution in [1.82, 2.24) is 24.8 Å². The van der Waals surface area contributed by atoms with Crippen LogP contribution in [0.2, 0.25) is 0 Å². The van der Waals surface area contributed by atoms with Crippen LogP contribution in [0.3, 0.4) is 0 Å². The Morgan fingerprint density at radius 1 is 1.03 bits per heavy atom. The summed E-state index contributed by atoms with van der Waals surface area (Å²) in [7, 11) is 0. The lowest BCUT2D eigenvalue weighted by molar-refractivity contribution is -0.0660. The maximum absolute atomic E-state index is 9.16. The molecule has 3 aromatic heterocycles. The molecule has 31 heavy (non-hydrogen) atoms. The highest BCUT2D eigenvalue weighted by Gasteiger charge is 2.29. The van der Waals surface area contributed by atoms with Crippen LogP contribution in [-0.2, 0) is 4.74 Å². The first-order chi connectivity index (χ1) is 15.3. The Bertz CT molecular complexity index is 1090. The molecule has 9 heteroatoms. The molecule has 0 unspecified atom stereocenters. The van der Waals surface area contributed by atoms with E-state index in [2.05, 4.69) is 36.1 Å². The van der Waals surface area contributed by atoms with Gasteiger partial charge in [-0.15, -0.1) is 0 Å². The highest BCUT2D eigenvalue weighted by Crippen LogP contribution is 2.25. The molecule has 2 aliphatic heterocycles. The zero-order chi connectivity index (χ0) is 21.0. The summed E-state index contributed by atoms with van der Waals surface area (Å²) in [4.78, 5) is 22.8. The van der Waals surface area contributed by atoms with Crippen molar-refractivity contribution >= 4 is 17.5 Å². The SMILES string of the molecule is N#Cc1ccnc(Nc2cc(N3CCN(C4COC4)CC3)nc(-c3cccnc3)n2)c1.